The Morgan fingerprint density at radius 3 is 2.81 bits per heavy atom. The third-order valence-corrected chi connectivity index (χ3v) is 4.15. The highest BCUT2D eigenvalue weighted by molar-refractivity contribution is 7.12. The second kappa shape index (κ2) is 5.21. The molecule has 0 aliphatic carbocycles. The molecule has 0 radical (unpaired) electrons. The van der Waals surface area contributed by atoms with Crippen molar-refractivity contribution in [3.05, 3.63) is 45.8 Å². The first-order valence-electron chi connectivity index (χ1n) is 6.51. The number of hydrogen-bond acceptors (Lipinski definition) is 4. The van der Waals surface area contributed by atoms with Gasteiger partial charge in [-0.25, -0.2) is 0 Å². The van der Waals surface area contributed by atoms with E-state index in [0.717, 1.165) is 9.75 Å². The van der Waals surface area contributed by atoms with Gasteiger partial charge in [0.15, 0.2) is 5.76 Å². The van der Waals surface area contributed by atoms with E-state index in [1.54, 1.807) is 41.5 Å². The van der Waals surface area contributed by atoms with Crippen molar-refractivity contribution in [1.82, 2.24) is 9.78 Å². The van der Waals surface area contributed by atoms with Crippen LogP contribution in [0.25, 0.3) is 11.5 Å². The van der Waals surface area contributed by atoms with Gasteiger partial charge < -0.3 is 9.73 Å². The van der Waals surface area contributed by atoms with E-state index in [1.807, 2.05) is 26.0 Å². The zero-order valence-electron chi connectivity index (χ0n) is 12.0. The van der Waals surface area contributed by atoms with Gasteiger partial charge in [0.1, 0.15) is 11.5 Å². The zero-order valence-corrected chi connectivity index (χ0v) is 12.8. The van der Waals surface area contributed by atoms with Crippen molar-refractivity contribution in [2.45, 2.75) is 13.8 Å². The first kappa shape index (κ1) is 13.6. The predicted molar refractivity (Wildman–Crippen MR) is 82.7 cm³/mol. The molecule has 0 spiro atoms. The van der Waals surface area contributed by atoms with Crippen LogP contribution in [0.2, 0.25) is 0 Å². The highest BCUT2D eigenvalue weighted by atomic mass is 32.1. The van der Waals surface area contributed by atoms with Gasteiger partial charge in [0.2, 0.25) is 0 Å². The number of amides is 1. The van der Waals surface area contributed by atoms with Crippen LogP contribution in [0.15, 0.2) is 34.9 Å². The van der Waals surface area contributed by atoms with Crippen molar-refractivity contribution in [3.8, 4) is 11.5 Å². The Labute approximate surface area is 126 Å². The van der Waals surface area contributed by atoms with Gasteiger partial charge in [-0.05, 0) is 32.0 Å². The van der Waals surface area contributed by atoms with Crippen LogP contribution in [0.5, 0.6) is 0 Å². The number of furan rings is 1. The summed E-state index contributed by atoms with van der Waals surface area (Å²) < 4.78 is 6.94. The lowest BCUT2D eigenvalue weighted by atomic mass is 10.2. The summed E-state index contributed by atoms with van der Waals surface area (Å²) in [6.45, 7) is 3.94. The minimum atomic E-state index is -0.120. The number of hydrogen-bond donors (Lipinski definition) is 1. The Kier molecular flexibility index (Phi) is 3.39. The fourth-order valence-corrected chi connectivity index (χ4v) is 3.09. The van der Waals surface area contributed by atoms with Gasteiger partial charge in [0.25, 0.3) is 5.91 Å². The summed E-state index contributed by atoms with van der Waals surface area (Å²) in [7, 11) is 1.79. The Balaban J connectivity index is 1.85. The SMILES string of the molecule is Cc1cc(C(=O)Nc2cc(-c3ccco3)nn2C)c(C)s1. The van der Waals surface area contributed by atoms with E-state index >= 15 is 0 Å². The fourth-order valence-electron chi connectivity index (χ4n) is 2.17. The van der Waals surface area contributed by atoms with E-state index < -0.39 is 0 Å². The number of carbonyl (C=O) groups is 1. The monoisotopic (exact) mass is 301 g/mol. The van der Waals surface area contributed by atoms with Crippen LogP contribution < -0.4 is 5.32 Å². The average Bonchev–Trinajstić information content (AvgIpc) is 3.11. The second-order valence-corrected chi connectivity index (χ2v) is 6.26. The number of thiophene rings is 1. The van der Waals surface area contributed by atoms with Crippen LogP contribution in [0.1, 0.15) is 20.1 Å². The molecule has 1 amide bonds. The number of anilines is 1. The number of aryl methyl sites for hydroxylation is 3. The third kappa shape index (κ3) is 2.62. The van der Waals surface area contributed by atoms with Crippen molar-refractivity contribution in [2.24, 2.45) is 7.05 Å². The quantitative estimate of drug-likeness (QED) is 0.804. The highest BCUT2D eigenvalue weighted by Gasteiger charge is 2.15. The summed E-state index contributed by atoms with van der Waals surface area (Å²) in [5.74, 6) is 1.19. The molecule has 0 atom stereocenters. The first-order valence-corrected chi connectivity index (χ1v) is 7.32. The third-order valence-electron chi connectivity index (χ3n) is 3.18. The van der Waals surface area contributed by atoms with Crippen LogP contribution in [0, 0.1) is 13.8 Å². The van der Waals surface area contributed by atoms with Crippen molar-refractivity contribution in [1.29, 1.82) is 0 Å². The zero-order chi connectivity index (χ0) is 15.0. The largest absolute Gasteiger partial charge is 0.463 e. The Morgan fingerprint density at radius 2 is 2.19 bits per heavy atom. The summed E-state index contributed by atoms with van der Waals surface area (Å²) in [6.07, 6.45) is 1.60. The smallest absolute Gasteiger partial charge is 0.257 e. The molecule has 6 heteroatoms. The molecule has 21 heavy (non-hydrogen) atoms. The normalized spacial score (nSPS) is 10.8. The van der Waals surface area contributed by atoms with E-state index in [9.17, 15) is 4.79 Å². The molecule has 108 valence electrons. The van der Waals surface area contributed by atoms with Crippen molar-refractivity contribution >= 4 is 23.1 Å². The first-order chi connectivity index (χ1) is 10.0. The molecule has 0 fully saturated rings. The molecular formula is C15H15N3O2S. The minimum Gasteiger partial charge on any atom is -0.463 e. The molecule has 0 unspecified atom stereocenters. The Bertz CT molecular complexity index is 784. The molecule has 3 heterocycles. The molecule has 0 saturated carbocycles. The summed E-state index contributed by atoms with van der Waals surface area (Å²) in [5, 5.41) is 7.23. The highest BCUT2D eigenvalue weighted by Crippen LogP contribution is 2.24. The van der Waals surface area contributed by atoms with Crippen molar-refractivity contribution in [2.75, 3.05) is 5.32 Å². The predicted octanol–water partition coefficient (Wildman–Crippen LogP) is 3.61. The molecule has 5 nitrogen and oxygen atoms in total. The van der Waals surface area contributed by atoms with E-state index in [0.29, 0.717) is 22.8 Å². The number of rotatable bonds is 3. The van der Waals surface area contributed by atoms with Crippen LogP contribution in [0.4, 0.5) is 5.82 Å². The van der Waals surface area contributed by atoms with Gasteiger partial charge in [0, 0.05) is 22.9 Å². The average molecular weight is 301 g/mol. The van der Waals surface area contributed by atoms with E-state index in [2.05, 4.69) is 10.4 Å². The molecule has 3 rings (SSSR count). The standard InChI is InChI=1S/C15H15N3O2S/c1-9-7-11(10(2)21-9)15(19)16-14-8-12(17-18(14)3)13-5-4-6-20-13/h4-8H,1-3H3,(H,16,19). The molecule has 0 aliphatic heterocycles. The molecular weight excluding hydrogens is 286 g/mol. The van der Waals surface area contributed by atoms with Gasteiger partial charge >= 0.3 is 0 Å². The van der Waals surface area contributed by atoms with Gasteiger partial charge in [-0.15, -0.1) is 11.3 Å². The van der Waals surface area contributed by atoms with Crippen molar-refractivity contribution < 1.29 is 9.21 Å². The Hall–Kier alpha value is -2.34. The lowest BCUT2D eigenvalue weighted by molar-refractivity contribution is 0.102. The lowest BCUT2D eigenvalue weighted by Crippen LogP contribution is -2.14. The molecule has 1 N–H and O–H groups in total. The molecule has 3 aromatic heterocycles. The lowest BCUT2D eigenvalue weighted by Gasteiger charge is -2.04. The van der Waals surface area contributed by atoms with Gasteiger partial charge in [-0.3, -0.25) is 9.48 Å². The minimum absolute atomic E-state index is 0.120. The number of nitrogens with zero attached hydrogens (tertiary/aromatic N) is 2. The molecule has 0 aromatic carbocycles. The summed E-state index contributed by atoms with van der Waals surface area (Å²) in [5.41, 5.74) is 1.40. The molecule has 0 saturated heterocycles. The summed E-state index contributed by atoms with van der Waals surface area (Å²) in [4.78, 5) is 14.5. The second-order valence-electron chi connectivity index (χ2n) is 4.80. The number of carbonyl (C=O) groups excluding carboxylic acids is 1. The topological polar surface area (TPSA) is 60.1 Å². The van der Waals surface area contributed by atoms with Gasteiger partial charge in [-0.2, -0.15) is 5.10 Å². The number of nitrogens with one attached hydrogen (secondary N) is 1. The van der Waals surface area contributed by atoms with E-state index in [-0.39, 0.29) is 5.91 Å². The summed E-state index contributed by atoms with van der Waals surface area (Å²) in [6, 6.07) is 7.34. The Morgan fingerprint density at radius 1 is 1.38 bits per heavy atom. The maximum atomic E-state index is 12.3. The van der Waals surface area contributed by atoms with Crippen LogP contribution in [-0.4, -0.2) is 15.7 Å². The maximum absolute atomic E-state index is 12.3. The maximum Gasteiger partial charge on any atom is 0.257 e. The van der Waals surface area contributed by atoms with Gasteiger partial charge in [0.05, 0.1) is 11.8 Å². The molecule has 0 aliphatic rings. The summed E-state index contributed by atoms with van der Waals surface area (Å²) >= 11 is 1.62. The van der Waals surface area contributed by atoms with E-state index in [4.69, 9.17) is 4.42 Å². The van der Waals surface area contributed by atoms with Gasteiger partial charge in [-0.1, -0.05) is 0 Å². The molecule has 0 bridgehead atoms. The van der Waals surface area contributed by atoms with E-state index in [1.165, 1.54) is 0 Å². The van der Waals surface area contributed by atoms with Crippen LogP contribution in [0.3, 0.4) is 0 Å². The fraction of sp³-hybridized carbons (Fsp3) is 0.200. The van der Waals surface area contributed by atoms with Crippen LogP contribution >= 0.6 is 11.3 Å². The van der Waals surface area contributed by atoms with Crippen LogP contribution in [-0.2, 0) is 7.05 Å². The molecule has 3 aromatic rings. The van der Waals surface area contributed by atoms with Crippen molar-refractivity contribution in [3.63, 3.8) is 0 Å². The number of aromatic nitrogens is 2.